The number of sulfonamides is 1. The number of aromatic nitrogens is 2. The van der Waals surface area contributed by atoms with E-state index >= 15 is 0 Å². The fraction of sp³-hybridized carbons (Fsp3) is 0.278. The van der Waals surface area contributed by atoms with Crippen LogP contribution in [0.15, 0.2) is 46.7 Å². The summed E-state index contributed by atoms with van der Waals surface area (Å²) in [5.74, 6) is -0.340. The summed E-state index contributed by atoms with van der Waals surface area (Å²) in [6, 6.07) is 9.67. The minimum absolute atomic E-state index is 0.0369. The van der Waals surface area contributed by atoms with E-state index in [2.05, 4.69) is 5.10 Å². The highest BCUT2D eigenvalue weighted by Gasteiger charge is 2.34. The fourth-order valence-electron chi connectivity index (χ4n) is 3.16. The van der Waals surface area contributed by atoms with Gasteiger partial charge in [0, 0.05) is 31.9 Å². The number of hydrogen-bond donors (Lipinski definition) is 1. The Hall–Kier alpha value is -2.44. The first-order valence-corrected chi connectivity index (χ1v) is 11.1. The lowest BCUT2D eigenvalue weighted by Crippen LogP contribution is -2.48. The summed E-state index contributed by atoms with van der Waals surface area (Å²) < 4.78 is 78.6. The Bertz CT molecular complexity index is 1130. The van der Waals surface area contributed by atoms with Crippen molar-refractivity contribution in [3.63, 3.8) is 0 Å². The van der Waals surface area contributed by atoms with E-state index in [-0.39, 0.29) is 28.8 Å². The van der Waals surface area contributed by atoms with Crippen LogP contribution < -0.4 is 4.90 Å². The van der Waals surface area contributed by atoms with Crippen molar-refractivity contribution < 1.29 is 26.0 Å². The maximum atomic E-state index is 13.1. The first kappa shape index (κ1) is 20.8. The van der Waals surface area contributed by atoms with Gasteiger partial charge in [-0.15, -0.1) is 11.3 Å². The van der Waals surface area contributed by atoms with Gasteiger partial charge in [-0.25, -0.2) is 12.8 Å². The molecule has 1 fully saturated rings. The van der Waals surface area contributed by atoms with Crippen molar-refractivity contribution in [1.29, 1.82) is 0 Å². The Balaban J connectivity index is 1.47. The molecule has 0 spiro atoms. The average Bonchev–Trinajstić information content (AvgIpc) is 3.38. The normalized spacial score (nSPS) is 16.2. The van der Waals surface area contributed by atoms with E-state index in [1.54, 1.807) is 12.1 Å². The van der Waals surface area contributed by atoms with Crippen LogP contribution >= 0.6 is 11.3 Å². The number of halogens is 4. The van der Waals surface area contributed by atoms with Gasteiger partial charge >= 0.3 is 6.18 Å². The van der Waals surface area contributed by atoms with Crippen LogP contribution in [0.2, 0.25) is 0 Å². The molecule has 0 amide bonds. The molecule has 4 rings (SSSR count). The lowest BCUT2D eigenvalue weighted by molar-refractivity contribution is -0.141. The summed E-state index contributed by atoms with van der Waals surface area (Å²) in [7, 11) is -3.78. The number of aromatic amines is 1. The van der Waals surface area contributed by atoms with Crippen LogP contribution in [0.5, 0.6) is 0 Å². The standard InChI is InChI=1S/C18H16F4N4O2S2/c19-12-1-3-13(4-2-12)25-7-9-26(10-8-25)30(27,28)17-6-5-15(29-17)14-11-16(24-23-14)18(20,21)22/h1-6,11H,7-10H2,(H,23,24). The zero-order valence-corrected chi connectivity index (χ0v) is 17.0. The van der Waals surface area contributed by atoms with E-state index in [1.807, 2.05) is 10.00 Å². The second-order valence-corrected chi connectivity index (χ2v) is 9.90. The second-order valence-electron chi connectivity index (χ2n) is 6.65. The number of thiophene rings is 1. The van der Waals surface area contributed by atoms with Gasteiger partial charge in [-0.05, 0) is 42.5 Å². The minimum atomic E-state index is -4.55. The molecule has 1 aliphatic rings. The van der Waals surface area contributed by atoms with Gasteiger partial charge in [-0.1, -0.05) is 0 Å². The quantitative estimate of drug-likeness (QED) is 0.602. The third kappa shape index (κ3) is 4.07. The highest BCUT2D eigenvalue weighted by Crippen LogP contribution is 2.35. The number of rotatable bonds is 4. The minimum Gasteiger partial charge on any atom is -0.369 e. The monoisotopic (exact) mass is 460 g/mol. The van der Waals surface area contributed by atoms with Crippen molar-refractivity contribution >= 4 is 27.0 Å². The molecule has 3 heterocycles. The molecule has 0 radical (unpaired) electrons. The van der Waals surface area contributed by atoms with Crippen LogP contribution in [0, 0.1) is 5.82 Å². The topological polar surface area (TPSA) is 69.3 Å². The fourth-order valence-corrected chi connectivity index (χ4v) is 6.00. The molecular weight excluding hydrogens is 444 g/mol. The second kappa shape index (κ2) is 7.67. The van der Waals surface area contributed by atoms with Gasteiger partial charge in [-0.3, -0.25) is 5.10 Å². The van der Waals surface area contributed by atoms with Crippen LogP contribution in [-0.4, -0.2) is 49.1 Å². The third-order valence-electron chi connectivity index (χ3n) is 4.74. The predicted octanol–water partition coefficient (Wildman–Crippen LogP) is 3.81. The van der Waals surface area contributed by atoms with Crippen molar-refractivity contribution in [2.24, 2.45) is 0 Å². The predicted molar refractivity (Wildman–Crippen MR) is 104 cm³/mol. The van der Waals surface area contributed by atoms with Crippen molar-refractivity contribution in [2.75, 3.05) is 31.1 Å². The summed E-state index contributed by atoms with van der Waals surface area (Å²) in [6.07, 6.45) is -4.55. The number of nitrogens with zero attached hydrogens (tertiary/aromatic N) is 3. The smallest absolute Gasteiger partial charge is 0.369 e. The Morgan fingerprint density at radius 1 is 1.00 bits per heavy atom. The van der Waals surface area contributed by atoms with Gasteiger partial charge in [0.05, 0.1) is 4.88 Å². The van der Waals surface area contributed by atoms with E-state index in [1.165, 1.54) is 28.6 Å². The van der Waals surface area contributed by atoms with Crippen LogP contribution in [0.3, 0.4) is 0 Å². The highest BCUT2D eigenvalue weighted by atomic mass is 32.2. The van der Waals surface area contributed by atoms with Crippen LogP contribution in [0.1, 0.15) is 5.69 Å². The summed E-state index contributed by atoms with van der Waals surface area (Å²) in [6.45, 7) is 1.37. The van der Waals surface area contributed by atoms with E-state index in [0.717, 1.165) is 23.1 Å². The average molecular weight is 460 g/mol. The molecule has 30 heavy (non-hydrogen) atoms. The van der Waals surface area contributed by atoms with Crippen molar-refractivity contribution in [2.45, 2.75) is 10.4 Å². The molecule has 0 bridgehead atoms. The molecular formula is C18H16F4N4O2S2. The number of piperazine rings is 1. The number of alkyl halides is 3. The van der Waals surface area contributed by atoms with Gasteiger partial charge in [0.25, 0.3) is 10.0 Å². The van der Waals surface area contributed by atoms with Gasteiger partial charge in [0.2, 0.25) is 0 Å². The molecule has 6 nitrogen and oxygen atoms in total. The van der Waals surface area contributed by atoms with Crippen molar-refractivity contribution in [1.82, 2.24) is 14.5 Å². The molecule has 0 atom stereocenters. The zero-order chi connectivity index (χ0) is 21.5. The SMILES string of the molecule is O=S(=O)(c1ccc(-c2cc(C(F)(F)F)[nH]n2)s1)N1CCN(c2ccc(F)cc2)CC1. The van der Waals surface area contributed by atoms with Gasteiger partial charge in [0.1, 0.15) is 21.4 Å². The number of H-pyrrole nitrogens is 1. The largest absolute Gasteiger partial charge is 0.432 e. The van der Waals surface area contributed by atoms with Crippen molar-refractivity contribution in [3.05, 3.63) is 54.0 Å². The lowest BCUT2D eigenvalue weighted by atomic mass is 10.2. The van der Waals surface area contributed by atoms with Crippen LogP contribution in [0.25, 0.3) is 10.6 Å². The Labute approximate surface area is 173 Å². The summed E-state index contributed by atoms with van der Waals surface area (Å²) >= 11 is 0.875. The van der Waals surface area contributed by atoms with Gasteiger partial charge in [-0.2, -0.15) is 22.6 Å². The first-order chi connectivity index (χ1) is 14.1. The first-order valence-electron chi connectivity index (χ1n) is 8.88. The molecule has 0 saturated carbocycles. The number of nitrogens with one attached hydrogen (secondary N) is 1. The Morgan fingerprint density at radius 3 is 2.27 bits per heavy atom. The molecule has 3 aromatic rings. The van der Waals surface area contributed by atoms with Gasteiger partial charge in [0.15, 0.2) is 0 Å². The van der Waals surface area contributed by atoms with Crippen molar-refractivity contribution in [3.8, 4) is 10.6 Å². The van der Waals surface area contributed by atoms with E-state index in [4.69, 9.17) is 0 Å². The zero-order valence-electron chi connectivity index (χ0n) is 15.4. The molecule has 1 aliphatic heterocycles. The molecule has 12 heteroatoms. The van der Waals surface area contributed by atoms with E-state index < -0.39 is 21.9 Å². The molecule has 1 N–H and O–H groups in total. The third-order valence-corrected chi connectivity index (χ3v) is 8.22. The Morgan fingerprint density at radius 2 is 1.67 bits per heavy atom. The summed E-state index contributed by atoms with van der Waals surface area (Å²) in [5.41, 5.74) is -0.145. The number of anilines is 1. The summed E-state index contributed by atoms with van der Waals surface area (Å²) in [5, 5.41) is 5.56. The maximum Gasteiger partial charge on any atom is 0.432 e. The Kier molecular flexibility index (Phi) is 5.32. The molecule has 160 valence electrons. The molecule has 0 aliphatic carbocycles. The van der Waals surface area contributed by atoms with Gasteiger partial charge < -0.3 is 4.90 Å². The number of hydrogen-bond acceptors (Lipinski definition) is 5. The summed E-state index contributed by atoms with van der Waals surface area (Å²) in [4.78, 5) is 2.29. The molecule has 1 saturated heterocycles. The van der Waals surface area contributed by atoms with Crippen LogP contribution in [-0.2, 0) is 16.2 Å². The van der Waals surface area contributed by atoms with E-state index in [9.17, 15) is 26.0 Å². The number of benzene rings is 1. The molecule has 1 aromatic carbocycles. The highest BCUT2D eigenvalue weighted by molar-refractivity contribution is 7.91. The van der Waals surface area contributed by atoms with E-state index in [0.29, 0.717) is 18.0 Å². The lowest BCUT2D eigenvalue weighted by Gasteiger charge is -2.35. The maximum absolute atomic E-state index is 13.1. The van der Waals surface area contributed by atoms with Crippen LogP contribution in [0.4, 0.5) is 23.2 Å². The molecule has 0 unspecified atom stereocenters. The molecule has 2 aromatic heterocycles.